The smallest absolute Gasteiger partial charge is 0.347 e. The van der Waals surface area contributed by atoms with Crippen molar-refractivity contribution < 1.29 is 19.1 Å². The largest absolute Gasteiger partial charge is 0.479 e. The van der Waals surface area contributed by atoms with Crippen LogP contribution < -0.4 is 10.1 Å². The molecule has 1 aromatic carbocycles. The maximum absolute atomic E-state index is 12.1. The van der Waals surface area contributed by atoms with E-state index < -0.39 is 24.1 Å². The Balaban J connectivity index is 1.91. The lowest BCUT2D eigenvalue weighted by Gasteiger charge is -2.18. The van der Waals surface area contributed by atoms with Gasteiger partial charge in [0.15, 0.2) is 18.0 Å². The fraction of sp³-hybridized carbons (Fsp3) is 0.222. The van der Waals surface area contributed by atoms with E-state index in [9.17, 15) is 9.59 Å². The van der Waals surface area contributed by atoms with Gasteiger partial charge in [-0.25, -0.2) is 9.78 Å². The lowest BCUT2D eigenvalue weighted by Crippen LogP contribution is -2.35. The number of nitrogens with one attached hydrogen (secondary N) is 1. The van der Waals surface area contributed by atoms with Crippen molar-refractivity contribution in [2.24, 2.45) is 0 Å². The third kappa shape index (κ3) is 5.84. The van der Waals surface area contributed by atoms with Crippen LogP contribution in [0.5, 0.6) is 5.75 Å². The summed E-state index contributed by atoms with van der Waals surface area (Å²) in [5.74, 6) is -0.827. The number of hydrogen-bond acceptors (Lipinski definition) is 6. The Morgan fingerprint density at radius 3 is 2.44 bits per heavy atom. The van der Waals surface area contributed by atoms with Gasteiger partial charge in [0, 0.05) is 6.20 Å². The van der Waals surface area contributed by atoms with Crippen LogP contribution in [0, 0.1) is 11.3 Å². The first-order chi connectivity index (χ1) is 12.8. The average molecular weight is 408 g/mol. The van der Waals surface area contributed by atoms with Crippen LogP contribution in [-0.2, 0) is 14.3 Å². The normalized spacial score (nSPS) is 12.4. The van der Waals surface area contributed by atoms with E-state index in [0.717, 1.165) is 0 Å². The van der Waals surface area contributed by atoms with Crippen molar-refractivity contribution in [1.29, 1.82) is 5.26 Å². The van der Waals surface area contributed by atoms with E-state index in [1.54, 1.807) is 24.3 Å². The van der Waals surface area contributed by atoms with Crippen molar-refractivity contribution in [3.8, 4) is 11.8 Å². The number of benzene rings is 1. The predicted molar refractivity (Wildman–Crippen MR) is 99.7 cm³/mol. The molecule has 0 bridgehead atoms. The van der Waals surface area contributed by atoms with Crippen LogP contribution in [-0.4, -0.2) is 29.1 Å². The molecule has 1 heterocycles. The van der Waals surface area contributed by atoms with Crippen LogP contribution in [0.2, 0.25) is 10.0 Å². The molecule has 0 aliphatic carbocycles. The van der Waals surface area contributed by atoms with Gasteiger partial charge in [0.1, 0.15) is 5.75 Å². The highest BCUT2D eigenvalue weighted by Gasteiger charge is 2.24. The van der Waals surface area contributed by atoms with Crippen molar-refractivity contribution >= 4 is 40.9 Å². The minimum absolute atomic E-state index is 0.107. The first-order valence-electron chi connectivity index (χ1n) is 7.79. The summed E-state index contributed by atoms with van der Waals surface area (Å²) in [5.41, 5.74) is 0.470. The highest BCUT2D eigenvalue weighted by atomic mass is 35.5. The second-order valence-electron chi connectivity index (χ2n) is 5.45. The number of esters is 1. The second-order valence-corrected chi connectivity index (χ2v) is 6.29. The third-order valence-electron chi connectivity index (χ3n) is 3.34. The summed E-state index contributed by atoms with van der Waals surface area (Å²) in [5, 5.41) is 11.7. The standard InChI is InChI=1S/C18H15Cl2N3O4/c1-10(17(24)23-16-15(20)7-13(19)9-22-16)27-18(25)11(2)26-14-5-3-12(8-21)4-6-14/h3-7,9-11H,1-2H3,(H,22,23,24)/t10-,11-/m1/s1. The van der Waals surface area contributed by atoms with E-state index >= 15 is 0 Å². The van der Waals surface area contributed by atoms with E-state index in [0.29, 0.717) is 16.3 Å². The minimum Gasteiger partial charge on any atom is -0.479 e. The van der Waals surface area contributed by atoms with E-state index in [2.05, 4.69) is 10.3 Å². The van der Waals surface area contributed by atoms with Gasteiger partial charge in [-0.15, -0.1) is 0 Å². The number of ether oxygens (including phenoxy) is 2. The summed E-state index contributed by atoms with van der Waals surface area (Å²) in [6.07, 6.45) is -0.726. The summed E-state index contributed by atoms with van der Waals surface area (Å²) in [7, 11) is 0. The Kier molecular flexibility index (Phi) is 6.99. The first kappa shape index (κ1) is 20.5. The number of aromatic nitrogens is 1. The SMILES string of the molecule is C[C@@H](OC(=O)[C@@H](C)Oc1ccc(C#N)cc1)C(=O)Nc1ncc(Cl)cc1Cl. The molecule has 1 amide bonds. The lowest BCUT2D eigenvalue weighted by molar-refractivity contribution is -0.159. The van der Waals surface area contributed by atoms with Crippen molar-refractivity contribution in [2.45, 2.75) is 26.1 Å². The molecule has 9 heteroatoms. The molecule has 0 spiro atoms. The molecule has 0 unspecified atom stereocenters. The molecule has 0 saturated carbocycles. The van der Waals surface area contributed by atoms with Gasteiger partial charge in [-0.2, -0.15) is 5.26 Å². The summed E-state index contributed by atoms with van der Waals surface area (Å²) >= 11 is 11.7. The van der Waals surface area contributed by atoms with Crippen molar-refractivity contribution in [1.82, 2.24) is 4.98 Å². The number of nitriles is 1. The van der Waals surface area contributed by atoms with Gasteiger partial charge < -0.3 is 14.8 Å². The fourth-order valence-corrected chi connectivity index (χ4v) is 2.34. The number of rotatable bonds is 6. The zero-order valence-electron chi connectivity index (χ0n) is 14.4. The van der Waals surface area contributed by atoms with Gasteiger partial charge in [0.05, 0.1) is 21.7 Å². The summed E-state index contributed by atoms with van der Waals surface area (Å²) in [4.78, 5) is 28.2. The molecule has 140 valence electrons. The number of amides is 1. The Labute approximate surface area is 165 Å². The van der Waals surface area contributed by atoms with E-state index in [4.69, 9.17) is 37.9 Å². The number of halogens is 2. The quantitative estimate of drug-likeness (QED) is 0.733. The lowest BCUT2D eigenvalue weighted by atomic mass is 10.2. The summed E-state index contributed by atoms with van der Waals surface area (Å²) in [6.45, 7) is 2.90. The first-order valence-corrected chi connectivity index (χ1v) is 8.55. The maximum atomic E-state index is 12.1. The Bertz CT molecular complexity index is 881. The van der Waals surface area contributed by atoms with Crippen LogP contribution in [0.4, 0.5) is 5.82 Å². The van der Waals surface area contributed by atoms with Gasteiger partial charge in [-0.1, -0.05) is 23.2 Å². The number of pyridine rings is 1. The Hall–Kier alpha value is -2.82. The zero-order valence-corrected chi connectivity index (χ0v) is 15.9. The molecule has 7 nitrogen and oxygen atoms in total. The van der Waals surface area contributed by atoms with Crippen molar-refractivity contribution in [3.63, 3.8) is 0 Å². The van der Waals surface area contributed by atoms with Crippen molar-refractivity contribution in [3.05, 3.63) is 52.1 Å². The van der Waals surface area contributed by atoms with Gasteiger partial charge in [0.2, 0.25) is 0 Å². The molecule has 2 aromatic rings. The molecule has 2 rings (SSSR count). The molecule has 0 saturated heterocycles. The molecular formula is C18H15Cl2N3O4. The monoisotopic (exact) mass is 407 g/mol. The van der Waals surface area contributed by atoms with E-state index in [-0.39, 0.29) is 10.8 Å². The minimum atomic E-state index is -1.10. The fourth-order valence-electron chi connectivity index (χ4n) is 1.91. The Morgan fingerprint density at radius 2 is 1.85 bits per heavy atom. The highest BCUT2D eigenvalue weighted by Crippen LogP contribution is 2.22. The molecule has 0 aliphatic heterocycles. The third-order valence-corrected chi connectivity index (χ3v) is 3.83. The second kappa shape index (κ2) is 9.21. The van der Waals surface area contributed by atoms with Gasteiger partial charge in [0.25, 0.3) is 5.91 Å². The number of hydrogen-bond donors (Lipinski definition) is 1. The molecule has 2 atom stereocenters. The highest BCUT2D eigenvalue weighted by molar-refractivity contribution is 6.36. The van der Waals surface area contributed by atoms with Crippen LogP contribution in [0.3, 0.4) is 0 Å². The molecule has 1 N–H and O–H groups in total. The zero-order chi connectivity index (χ0) is 20.0. The van der Waals surface area contributed by atoms with Crippen LogP contribution in [0.1, 0.15) is 19.4 Å². The van der Waals surface area contributed by atoms with Gasteiger partial charge in [-0.05, 0) is 44.2 Å². The topological polar surface area (TPSA) is 101 Å². The average Bonchev–Trinajstić information content (AvgIpc) is 2.64. The molecule has 27 heavy (non-hydrogen) atoms. The predicted octanol–water partition coefficient (Wildman–Crippen LogP) is 3.60. The van der Waals surface area contributed by atoms with Crippen LogP contribution in [0.25, 0.3) is 0 Å². The molecule has 1 aromatic heterocycles. The summed E-state index contributed by atoms with van der Waals surface area (Å²) in [6, 6.07) is 9.66. The van der Waals surface area contributed by atoms with Crippen molar-refractivity contribution in [2.75, 3.05) is 5.32 Å². The molecule has 0 aliphatic rings. The number of nitrogens with zero attached hydrogens (tertiary/aromatic N) is 2. The van der Waals surface area contributed by atoms with Crippen LogP contribution >= 0.6 is 23.2 Å². The molecule has 0 radical (unpaired) electrons. The maximum Gasteiger partial charge on any atom is 0.347 e. The van der Waals surface area contributed by atoms with Gasteiger partial charge in [-0.3, -0.25) is 4.79 Å². The van der Waals surface area contributed by atoms with E-state index in [1.165, 1.54) is 26.1 Å². The molecule has 0 fully saturated rings. The number of anilines is 1. The van der Waals surface area contributed by atoms with E-state index in [1.807, 2.05) is 6.07 Å². The van der Waals surface area contributed by atoms with Crippen LogP contribution in [0.15, 0.2) is 36.5 Å². The number of carbonyl (C=O) groups excluding carboxylic acids is 2. The molecular weight excluding hydrogens is 393 g/mol. The number of carbonyl (C=O) groups is 2. The van der Waals surface area contributed by atoms with Gasteiger partial charge >= 0.3 is 5.97 Å². The summed E-state index contributed by atoms with van der Waals surface area (Å²) < 4.78 is 10.5. The Morgan fingerprint density at radius 1 is 1.19 bits per heavy atom.